The normalized spacial score (nSPS) is 15.9. The van der Waals surface area contributed by atoms with E-state index in [0.29, 0.717) is 0 Å². The van der Waals surface area contributed by atoms with Crippen molar-refractivity contribution in [3.63, 3.8) is 0 Å². The van der Waals surface area contributed by atoms with E-state index in [1.54, 1.807) is 0 Å². The molecule has 1 unspecified atom stereocenters. The zero-order chi connectivity index (χ0) is 10.8. The molecule has 13 heavy (non-hydrogen) atoms. The Morgan fingerprint density at radius 3 is 0.923 bits per heavy atom. The quantitative estimate of drug-likeness (QED) is 0.496. The highest BCUT2D eigenvalue weighted by molar-refractivity contribution is 9.10. The van der Waals surface area contributed by atoms with Gasteiger partial charge in [0.15, 0.2) is 0 Å². The fraction of sp³-hybridized carbons (Fsp3) is 1.00. The summed E-state index contributed by atoms with van der Waals surface area (Å²) in [5.74, 6) is 0. The maximum absolute atomic E-state index is 3.86. The molecule has 0 spiro atoms. The van der Waals surface area contributed by atoms with Gasteiger partial charge in [0.05, 0.1) is 8.07 Å². The first-order valence-corrected chi connectivity index (χ1v) is 8.64. The van der Waals surface area contributed by atoms with Crippen molar-refractivity contribution in [2.24, 2.45) is 0 Å². The SMILES string of the molecule is CC(C)[Si](C(C)C)(C(C)C)C(C)Br. The summed E-state index contributed by atoms with van der Waals surface area (Å²) in [4.78, 5) is 0. The van der Waals surface area contributed by atoms with Crippen LogP contribution in [0.2, 0.25) is 16.6 Å². The zero-order valence-electron chi connectivity index (χ0n) is 10.2. The van der Waals surface area contributed by atoms with Crippen molar-refractivity contribution in [2.45, 2.75) is 69.5 Å². The molecule has 0 saturated carbocycles. The standard InChI is InChI=1S/C11H25BrSi/c1-8(2)13(9(3)4,10(5)6)11(7)12/h8-11H,1-7H3. The molecule has 0 heterocycles. The molecule has 0 nitrogen and oxygen atoms in total. The van der Waals surface area contributed by atoms with Crippen LogP contribution in [0.5, 0.6) is 0 Å². The molecule has 0 saturated heterocycles. The first-order valence-electron chi connectivity index (χ1n) is 5.41. The highest BCUT2D eigenvalue weighted by Crippen LogP contribution is 2.45. The average molecular weight is 265 g/mol. The summed E-state index contributed by atoms with van der Waals surface area (Å²) in [5.41, 5.74) is 2.59. The summed E-state index contributed by atoms with van der Waals surface area (Å²) >= 11 is 3.86. The van der Waals surface area contributed by atoms with Gasteiger partial charge >= 0.3 is 0 Å². The van der Waals surface area contributed by atoms with E-state index < -0.39 is 8.07 Å². The summed E-state index contributed by atoms with van der Waals surface area (Å²) in [6.45, 7) is 16.8. The number of hydrogen-bond acceptors (Lipinski definition) is 0. The first-order chi connectivity index (χ1) is 5.77. The lowest BCUT2D eigenvalue weighted by atomic mass is 10.5. The fourth-order valence-corrected chi connectivity index (χ4v) is 14.9. The van der Waals surface area contributed by atoms with Crippen LogP contribution in [0.3, 0.4) is 0 Å². The molecule has 0 aliphatic carbocycles. The maximum Gasteiger partial charge on any atom is 0.0758 e. The molecule has 0 aromatic rings. The second kappa shape index (κ2) is 4.97. The largest absolute Gasteiger partial charge is 0.0927 e. The Labute approximate surface area is 93.6 Å². The van der Waals surface area contributed by atoms with Crippen LogP contribution < -0.4 is 0 Å². The molecule has 0 aliphatic heterocycles. The maximum atomic E-state index is 3.86. The Morgan fingerprint density at radius 1 is 0.692 bits per heavy atom. The highest BCUT2D eigenvalue weighted by Gasteiger charge is 2.45. The minimum Gasteiger partial charge on any atom is -0.0927 e. The lowest BCUT2D eigenvalue weighted by Gasteiger charge is -2.45. The fourth-order valence-electron chi connectivity index (χ4n) is 3.38. The molecule has 0 aromatic carbocycles. The van der Waals surface area contributed by atoms with Gasteiger partial charge in [-0.15, -0.1) is 0 Å². The van der Waals surface area contributed by atoms with Crippen LogP contribution in [0.1, 0.15) is 48.5 Å². The van der Waals surface area contributed by atoms with Crippen LogP contribution in [-0.2, 0) is 0 Å². The molecule has 2 heteroatoms. The van der Waals surface area contributed by atoms with Gasteiger partial charge in [0.2, 0.25) is 0 Å². The summed E-state index contributed by atoms with van der Waals surface area (Å²) in [6, 6.07) is 0. The second-order valence-corrected chi connectivity index (χ2v) is 13.6. The van der Waals surface area contributed by atoms with E-state index in [0.717, 1.165) is 21.1 Å². The Balaban J connectivity index is 5.06. The third kappa shape index (κ3) is 2.38. The number of rotatable bonds is 4. The topological polar surface area (TPSA) is 0 Å². The van der Waals surface area contributed by atoms with Crippen molar-refractivity contribution in [1.82, 2.24) is 0 Å². The van der Waals surface area contributed by atoms with Crippen LogP contribution in [-0.4, -0.2) is 12.5 Å². The molecule has 0 radical (unpaired) electrons. The van der Waals surface area contributed by atoms with E-state index in [4.69, 9.17) is 0 Å². The van der Waals surface area contributed by atoms with Gasteiger partial charge in [-0.3, -0.25) is 0 Å². The van der Waals surface area contributed by atoms with Gasteiger partial charge in [0.1, 0.15) is 0 Å². The number of halogens is 1. The van der Waals surface area contributed by atoms with E-state index in [2.05, 4.69) is 64.4 Å². The molecule has 0 N–H and O–H groups in total. The van der Waals surface area contributed by atoms with Crippen LogP contribution in [0, 0.1) is 0 Å². The molecule has 80 valence electrons. The molecule has 0 aliphatic rings. The Kier molecular flexibility index (Phi) is 5.24. The molecular formula is C11H25BrSi. The van der Waals surface area contributed by atoms with E-state index in [1.807, 2.05) is 0 Å². The van der Waals surface area contributed by atoms with E-state index >= 15 is 0 Å². The highest BCUT2D eigenvalue weighted by atomic mass is 79.9. The van der Waals surface area contributed by atoms with Crippen molar-refractivity contribution < 1.29 is 0 Å². The van der Waals surface area contributed by atoms with E-state index in [1.165, 1.54) is 0 Å². The van der Waals surface area contributed by atoms with E-state index in [9.17, 15) is 0 Å². The van der Waals surface area contributed by atoms with Crippen LogP contribution in [0.15, 0.2) is 0 Å². The Bertz CT molecular complexity index is 113. The van der Waals surface area contributed by atoms with Crippen molar-refractivity contribution >= 4 is 24.0 Å². The van der Waals surface area contributed by atoms with Gasteiger partial charge in [-0.1, -0.05) is 64.4 Å². The summed E-state index contributed by atoms with van der Waals surface area (Å²) in [7, 11) is -1.19. The predicted octanol–water partition coefficient (Wildman–Crippen LogP) is 4.99. The van der Waals surface area contributed by atoms with Gasteiger partial charge in [0.25, 0.3) is 0 Å². The molecule has 0 aromatic heterocycles. The molecule has 0 amide bonds. The number of hydrogen-bond donors (Lipinski definition) is 0. The molecular weight excluding hydrogens is 240 g/mol. The van der Waals surface area contributed by atoms with Gasteiger partial charge in [-0.25, -0.2) is 0 Å². The third-order valence-electron chi connectivity index (χ3n) is 3.69. The predicted molar refractivity (Wildman–Crippen MR) is 69.4 cm³/mol. The molecule has 0 fully saturated rings. The van der Waals surface area contributed by atoms with Gasteiger partial charge < -0.3 is 0 Å². The van der Waals surface area contributed by atoms with Crippen molar-refractivity contribution in [3.05, 3.63) is 0 Å². The lowest BCUT2D eigenvalue weighted by Crippen LogP contribution is -2.51. The molecule has 1 atom stereocenters. The lowest BCUT2D eigenvalue weighted by molar-refractivity contribution is 0.798. The second-order valence-electron chi connectivity index (χ2n) is 5.08. The third-order valence-corrected chi connectivity index (χ3v) is 13.4. The number of alkyl halides is 1. The van der Waals surface area contributed by atoms with Crippen LogP contribution >= 0.6 is 15.9 Å². The van der Waals surface area contributed by atoms with Crippen LogP contribution in [0.4, 0.5) is 0 Å². The van der Waals surface area contributed by atoms with Crippen molar-refractivity contribution in [1.29, 1.82) is 0 Å². The Hall–Kier alpha value is 0.697. The van der Waals surface area contributed by atoms with Gasteiger partial charge in [-0.05, 0) is 16.6 Å². The zero-order valence-corrected chi connectivity index (χ0v) is 12.8. The first kappa shape index (κ1) is 13.7. The summed E-state index contributed by atoms with van der Waals surface area (Å²) < 4.78 is 0.722. The molecule has 0 rings (SSSR count). The Morgan fingerprint density at radius 2 is 0.923 bits per heavy atom. The minimum atomic E-state index is -1.19. The monoisotopic (exact) mass is 264 g/mol. The van der Waals surface area contributed by atoms with Crippen LogP contribution in [0.25, 0.3) is 0 Å². The smallest absolute Gasteiger partial charge is 0.0758 e. The molecule has 0 bridgehead atoms. The summed E-state index contributed by atoms with van der Waals surface area (Å²) in [5, 5.41) is 0. The van der Waals surface area contributed by atoms with Crippen molar-refractivity contribution in [2.75, 3.05) is 0 Å². The average Bonchev–Trinajstić information content (AvgIpc) is 1.82. The van der Waals surface area contributed by atoms with Gasteiger partial charge in [-0.2, -0.15) is 0 Å². The van der Waals surface area contributed by atoms with Crippen molar-refractivity contribution in [3.8, 4) is 0 Å². The van der Waals surface area contributed by atoms with E-state index in [-0.39, 0.29) is 0 Å². The minimum absolute atomic E-state index is 0.722. The van der Waals surface area contributed by atoms with Gasteiger partial charge in [0, 0.05) is 4.45 Å². The summed E-state index contributed by atoms with van der Waals surface area (Å²) in [6.07, 6.45) is 0.